The maximum Gasteiger partial charge on any atom is 0.416 e. The van der Waals surface area contributed by atoms with Crippen LogP contribution in [0.5, 0.6) is 0 Å². The van der Waals surface area contributed by atoms with Crippen LogP contribution in [-0.4, -0.2) is 15.3 Å². The summed E-state index contributed by atoms with van der Waals surface area (Å²) in [5.41, 5.74) is -0.0675. The van der Waals surface area contributed by atoms with Crippen molar-refractivity contribution in [2.24, 2.45) is 0 Å². The second kappa shape index (κ2) is 5.58. The number of carbonyl (C=O) groups is 1. The van der Waals surface area contributed by atoms with Gasteiger partial charge in [0.25, 0.3) is 5.91 Å². The molecule has 0 spiro atoms. The molecular weight excluding hydrogens is 331 g/mol. The van der Waals surface area contributed by atoms with Crippen LogP contribution in [0.3, 0.4) is 0 Å². The molecule has 0 saturated carbocycles. The number of hydrogen-bond acceptors (Lipinski definition) is 2. The van der Waals surface area contributed by atoms with Gasteiger partial charge in [-0.1, -0.05) is 11.6 Å². The number of nitrogens with one attached hydrogen (secondary N) is 1. The number of imidazole rings is 1. The highest BCUT2D eigenvalue weighted by atomic mass is 35.5. The normalized spacial score (nSPS) is 11.7. The number of carbonyl (C=O) groups excluding carboxylic acids is 1. The summed E-state index contributed by atoms with van der Waals surface area (Å²) < 4.78 is 39.8. The molecule has 0 aliphatic heterocycles. The van der Waals surface area contributed by atoms with Gasteiger partial charge >= 0.3 is 6.18 Å². The number of amides is 1. The number of anilines is 1. The highest BCUT2D eigenvalue weighted by molar-refractivity contribution is 6.34. The third kappa shape index (κ3) is 3.14. The fourth-order valence-corrected chi connectivity index (χ4v) is 2.21. The van der Waals surface area contributed by atoms with E-state index in [1.165, 1.54) is 12.3 Å². The van der Waals surface area contributed by atoms with Crippen molar-refractivity contribution in [2.75, 3.05) is 5.32 Å². The number of aromatic nitrogens is 2. The molecule has 1 amide bonds. The van der Waals surface area contributed by atoms with E-state index in [1.54, 1.807) is 22.9 Å². The Morgan fingerprint density at radius 1 is 1.22 bits per heavy atom. The maximum atomic E-state index is 12.7. The minimum absolute atomic E-state index is 0.0232. The fraction of sp³-hybridized carbons (Fsp3) is 0.0667. The predicted molar refractivity (Wildman–Crippen MR) is 79.6 cm³/mol. The molecule has 0 unspecified atom stereocenters. The summed E-state index contributed by atoms with van der Waals surface area (Å²) in [5, 5.41) is 2.41. The Kier molecular flexibility index (Phi) is 3.73. The van der Waals surface area contributed by atoms with Crippen molar-refractivity contribution in [2.45, 2.75) is 6.18 Å². The molecule has 0 saturated heterocycles. The van der Waals surface area contributed by atoms with Crippen molar-refractivity contribution < 1.29 is 18.0 Å². The van der Waals surface area contributed by atoms with Gasteiger partial charge in [-0.25, -0.2) is 4.98 Å². The van der Waals surface area contributed by atoms with Gasteiger partial charge in [-0.2, -0.15) is 13.2 Å². The first-order chi connectivity index (χ1) is 10.8. The summed E-state index contributed by atoms with van der Waals surface area (Å²) >= 11 is 5.86. The van der Waals surface area contributed by atoms with Gasteiger partial charge in [-0.05, 0) is 30.3 Å². The van der Waals surface area contributed by atoms with Crippen molar-refractivity contribution in [1.82, 2.24) is 9.38 Å². The minimum Gasteiger partial charge on any atom is -0.321 e. The first kappa shape index (κ1) is 15.4. The highest BCUT2D eigenvalue weighted by Gasteiger charge is 2.31. The average Bonchev–Trinajstić information content (AvgIpc) is 2.95. The Balaban J connectivity index is 1.90. The monoisotopic (exact) mass is 339 g/mol. The lowest BCUT2D eigenvalue weighted by Crippen LogP contribution is -2.14. The zero-order valence-corrected chi connectivity index (χ0v) is 12.2. The molecule has 0 atom stereocenters. The largest absolute Gasteiger partial charge is 0.416 e. The molecule has 1 aromatic carbocycles. The molecule has 0 aliphatic rings. The first-order valence-electron chi connectivity index (χ1n) is 6.45. The Labute approximate surface area is 133 Å². The smallest absolute Gasteiger partial charge is 0.321 e. The van der Waals surface area contributed by atoms with E-state index in [2.05, 4.69) is 10.3 Å². The molecule has 0 radical (unpaired) electrons. The number of alkyl halides is 3. The highest BCUT2D eigenvalue weighted by Crippen LogP contribution is 2.33. The zero-order chi connectivity index (χ0) is 16.6. The number of nitrogens with zero attached hydrogens (tertiary/aromatic N) is 2. The average molecular weight is 340 g/mol. The van der Waals surface area contributed by atoms with E-state index in [4.69, 9.17) is 11.6 Å². The van der Waals surface area contributed by atoms with Crippen LogP contribution < -0.4 is 5.32 Å². The van der Waals surface area contributed by atoms with Crippen LogP contribution in [0.15, 0.2) is 48.9 Å². The Hall–Kier alpha value is -2.54. The van der Waals surface area contributed by atoms with Gasteiger partial charge in [0.05, 0.1) is 21.8 Å². The summed E-state index contributed by atoms with van der Waals surface area (Å²) in [5.74, 6) is -0.568. The van der Waals surface area contributed by atoms with Gasteiger partial charge in [0.2, 0.25) is 0 Å². The summed E-state index contributed by atoms with van der Waals surface area (Å²) in [6, 6.07) is 5.91. The summed E-state index contributed by atoms with van der Waals surface area (Å²) in [4.78, 5) is 16.2. The van der Waals surface area contributed by atoms with Crippen LogP contribution in [-0.2, 0) is 6.18 Å². The molecule has 118 valence electrons. The van der Waals surface area contributed by atoms with Crippen molar-refractivity contribution in [3.63, 3.8) is 0 Å². The fourth-order valence-electron chi connectivity index (χ4n) is 2.05. The standard InChI is InChI=1S/C15H9ClF3N3O/c16-11-3-2-10(15(17,18)19)7-12(11)21-14(23)9-1-4-13-20-5-6-22(13)8-9/h1-8H,(H,21,23). The topological polar surface area (TPSA) is 46.4 Å². The van der Waals surface area contributed by atoms with Gasteiger partial charge in [-0.3, -0.25) is 4.79 Å². The first-order valence-corrected chi connectivity index (χ1v) is 6.83. The van der Waals surface area contributed by atoms with E-state index >= 15 is 0 Å². The number of hydrogen-bond donors (Lipinski definition) is 1. The van der Waals surface area contributed by atoms with Crippen molar-refractivity contribution in [3.8, 4) is 0 Å². The molecule has 0 fully saturated rings. The quantitative estimate of drug-likeness (QED) is 0.758. The van der Waals surface area contributed by atoms with Crippen LogP contribution in [0.2, 0.25) is 5.02 Å². The molecule has 0 aliphatic carbocycles. The van der Waals surface area contributed by atoms with Gasteiger partial charge in [0.15, 0.2) is 0 Å². The van der Waals surface area contributed by atoms with Gasteiger partial charge in [-0.15, -0.1) is 0 Å². The lowest BCUT2D eigenvalue weighted by Gasteiger charge is -2.11. The molecular formula is C15H9ClF3N3O. The van der Waals surface area contributed by atoms with Crippen LogP contribution in [0.4, 0.5) is 18.9 Å². The second-order valence-electron chi connectivity index (χ2n) is 4.76. The third-order valence-electron chi connectivity index (χ3n) is 3.19. The van der Waals surface area contributed by atoms with Crippen molar-refractivity contribution >= 4 is 28.8 Å². The molecule has 23 heavy (non-hydrogen) atoms. The number of halogens is 4. The molecule has 4 nitrogen and oxygen atoms in total. The molecule has 3 aromatic rings. The Morgan fingerprint density at radius 3 is 2.74 bits per heavy atom. The molecule has 8 heteroatoms. The van der Waals surface area contributed by atoms with Crippen molar-refractivity contribution in [1.29, 1.82) is 0 Å². The van der Waals surface area contributed by atoms with Crippen LogP contribution in [0, 0.1) is 0 Å². The molecule has 3 rings (SSSR count). The van der Waals surface area contributed by atoms with Gasteiger partial charge in [0, 0.05) is 18.6 Å². The summed E-state index contributed by atoms with van der Waals surface area (Å²) in [6.07, 6.45) is 0.239. The van der Waals surface area contributed by atoms with E-state index in [0.717, 1.165) is 18.2 Å². The van der Waals surface area contributed by atoms with E-state index in [-0.39, 0.29) is 16.3 Å². The summed E-state index contributed by atoms with van der Waals surface area (Å²) in [6.45, 7) is 0. The lowest BCUT2D eigenvalue weighted by molar-refractivity contribution is -0.137. The number of rotatable bonds is 2. The SMILES string of the molecule is O=C(Nc1cc(C(F)(F)F)ccc1Cl)c1ccc2nccn2c1. The number of benzene rings is 1. The molecule has 0 bridgehead atoms. The molecule has 2 aromatic heterocycles. The number of pyridine rings is 1. The van der Waals surface area contributed by atoms with Crippen LogP contribution >= 0.6 is 11.6 Å². The molecule has 1 N–H and O–H groups in total. The van der Waals surface area contributed by atoms with E-state index < -0.39 is 17.6 Å². The van der Waals surface area contributed by atoms with E-state index in [9.17, 15) is 18.0 Å². The van der Waals surface area contributed by atoms with Gasteiger partial charge in [0.1, 0.15) is 5.65 Å². The van der Waals surface area contributed by atoms with Gasteiger partial charge < -0.3 is 9.72 Å². The predicted octanol–water partition coefficient (Wildman–Crippen LogP) is 4.26. The third-order valence-corrected chi connectivity index (χ3v) is 3.52. The second-order valence-corrected chi connectivity index (χ2v) is 5.16. The maximum absolute atomic E-state index is 12.7. The van der Waals surface area contributed by atoms with E-state index in [1.807, 2.05) is 0 Å². The Morgan fingerprint density at radius 2 is 2.00 bits per heavy atom. The van der Waals surface area contributed by atoms with Crippen molar-refractivity contribution in [3.05, 3.63) is 65.1 Å². The van der Waals surface area contributed by atoms with E-state index in [0.29, 0.717) is 5.65 Å². The zero-order valence-electron chi connectivity index (χ0n) is 11.4. The summed E-state index contributed by atoms with van der Waals surface area (Å²) in [7, 11) is 0. The minimum atomic E-state index is -4.51. The van der Waals surface area contributed by atoms with Crippen LogP contribution in [0.1, 0.15) is 15.9 Å². The molecule has 2 heterocycles. The lowest BCUT2D eigenvalue weighted by atomic mass is 10.2. The Bertz CT molecular complexity index is 889. The van der Waals surface area contributed by atoms with Crippen LogP contribution in [0.25, 0.3) is 5.65 Å². The number of fused-ring (bicyclic) bond motifs is 1.